The van der Waals surface area contributed by atoms with Crippen molar-refractivity contribution in [2.75, 3.05) is 14.2 Å². The van der Waals surface area contributed by atoms with Crippen molar-refractivity contribution in [1.29, 1.82) is 0 Å². The maximum Gasteiger partial charge on any atom is 0.271 e. The Bertz CT molecular complexity index is 1230. The molecule has 4 rings (SSSR count). The van der Waals surface area contributed by atoms with Crippen molar-refractivity contribution in [3.63, 3.8) is 0 Å². The number of methoxy groups -OCH3 is 2. The van der Waals surface area contributed by atoms with Gasteiger partial charge in [0.2, 0.25) is 0 Å². The summed E-state index contributed by atoms with van der Waals surface area (Å²) in [7, 11) is 5.04. The Balaban J connectivity index is 1.67. The summed E-state index contributed by atoms with van der Waals surface area (Å²) in [5.74, 6) is 1.58. The van der Waals surface area contributed by atoms with E-state index >= 15 is 0 Å². The zero-order valence-corrected chi connectivity index (χ0v) is 19.3. The van der Waals surface area contributed by atoms with E-state index in [4.69, 9.17) is 21.1 Å². The van der Waals surface area contributed by atoms with E-state index in [2.05, 4.69) is 15.3 Å². The number of carbonyl (C=O) groups is 1. The lowest BCUT2D eigenvalue weighted by Gasteiger charge is -2.20. The number of halogens is 1. The average Bonchev–Trinajstić information content (AvgIpc) is 3.46. The second-order valence-electron chi connectivity index (χ2n) is 7.00. The molecule has 0 saturated heterocycles. The maximum atomic E-state index is 13.2. The van der Waals surface area contributed by atoms with E-state index in [0.717, 1.165) is 11.1 Å². The fourth-order valence-electron chi connectivity index (χ4n) is 3.29. The minimum absolute atomic E-state index is 0.315. The average molecular weight is 469 g/mol. The van der Waals surface area contributed by atoms with E-state index < -0.39 is 6.04 Å². The van der Waals surface area contributed by atoms with Gasteiger partial charge in [0.05, 0.1) is 14.2 Å². The van der Waals surface area contributed by atoms with Crippen LogP contribution in [0.3, 0.4) is 0 Å². The standard InChI is InChI=1S/C23H21ClN4O3S/c1-28-8-7-25-21(28)20(15-10-17(30-2)12-18(11-15)31-3)27-22(29)19-13-32-23(26-19)14-5-4-6-16(24)9-14/h4-13,20H,1-3H3,(H,27,29). The normalized spacial score (nSPS) is 11.8. The molecule has 0 aliphatic rings. The van der Waals surface area contributed by atoms with Crippen LogP contribution in [0.4, 0.5) is 0 Å². The molecule has 1 N–H and O–H groups in total. The summed E-state index contributed by atoms with van der Waals surface area (Å²) in [5.41, 5.74) is 1.95. The summed E-state index contributed by atoms with van der Waals surface area (Å²) in [6.45, 7) is 0. The molecule has 9 heteroatoms. The number of nitrogens with one attached hydrogen (secondary N) is 1. The Morgan fingerprint density at radius 1 is 1.16 bits per heavy atom. The molecule has 0 spiro atoms. The van der Waals surface area contributed by atoms with Gasteiger partial charge in [-0.1, -0.05) is 23.7 Å². The van der Waals surface area contributed by atoms with Gasteiger partial charge in [-0.15, -0.1) is 11.3 Å². The van der Waals surface area contributed by atoms with Crippen LogP contribution in [-0.4, -0.2) is 34.7 Å². The van der Waals surface area contributed by atoms with Crippen LogP contribution >= 0.6 is 22.9 Å². The van der Waals surface area contributed by atoms with Crippen LogP contribution in [0, 0.1) is 0 Å². The molecule has 0 fully saturated rings. The number of benzene rings is 2. The van der Waals surface area contributed by atoms with Crippen LogP contribution < -0.4 is 14.8 Å². The van der Waals surface area contributed by atoms with Gasteiger partial charge >= 0.3 is 0 Å². The fourth-order valence-corrected chi connectivity index (χ4v) is 4.27. The maximum absolute atomic E-state index is 13.2. The zero-order chi connectivity index (χ0) is 22.7. The minimum Gasteiger partial charge on any atom is -0.497 e. The first-order valence-corrected chi connectivity index (χ1v) is 11.0. The number of hydrogen-bond donors (Lipinski definition) is 1. The number of amides is 1. The molecule has 0 bridgehead atoms. The summed E-state index contributed by atoms with van der Waals surface area (Å²) >= 11 is 7.47. The van der Waals surface area contributed by atoms with Gasteiger partial charge in [0, 0.05) is 41.5 Å². The summed E-state index contributed by atoms with van der Waals surface area (Å²) in [6, 6.07) is 12.3. The Morgan fingerprint density at radius 3 is 2.53 bits per heavy atom. The molecule has 1 unspecified atom stereocenters. The van der Waals surface area contributed by atoms with E-state index in [1.807, 2.05) is 48.1 Å². The smallest absolute Gasteiger partial charge is 0.271 e. The van der Waals surface area contributed by atoms with Gasteiger partial charge in [-0.3, -0.25) is 4.79 Å². The van der Waals surface area contributed by atoms with Crippen LogP contribution in [0.1, 0.15) is 27.9 Å². The molecular weight excluding hydrogens is 448 g/mol. The highest BCUT2D eigenvalue weighted by Gasteiger charge is 2.24. The molecule has 2 aromatic heterocycles. The van der Waals surface area contributed by atoms with Gasteiger partial charge in [0.1, 0.15) is 34.1 Å². The largest absolute Gasteiger partial charge is 0.497 e. The lowest BCUT2D eigenvalue weighted by Crippen LogP contribution is -2.31. The van der Waals surface area contributed by atoms with Crippen LogP contribution in [0.15, 0.2) is 60.2 Å². The molecule has 4 aromatic rings. The van der Waals surface area contributed by atoms with E-state index in [1.54, 1.807) is 37.9 Å². The van der Waals surface area contributed by atoms with Crippen molar-refractivity contribution in [2.24, 2.45) is 7.05 Å². The highest BCUT2D eigenvalue weighted by Crippen LogP contribution is 2.30. The fraction of sp³-hybridized carbons (Fsp3) is 0.174. The molecule has 0 saturated carbocycles. The van der Waals surface area contributed by atoms with E-state index in [0.29, 0.717) is 33.0 Å². The highest BCUT2D eigenvalue weighted by atomic mass is 35.5. The zero-order valence-electron chi connectivity index (χ0n) is 17.7. The predicted octanol–water partition coefficient (Wildman–Crippen LogP) is 4.73. The third kappa shape index (κ3) is 4.61. The van der Waals surface area contributed by atoms with Crippen molar-refractivity contribution in [3.8, 4) is 22.1 Å². The SMILES string of the molecule is COc1cc(OC)cc(C(NC(=O)c2csc(-c3cccc(Cl)c3)n2)c2nccn2C)c1. The lowest BCUT2D eigenvalue weighted by molar-refractivity contribution is 0.0936. The van der Waals surface area contributed by atoms with Crippen molar-refractivity contribution in [2.45, 2.75) is 6.04 Å². The monoisotopic (exact) mass is 468 g/mol. The first-order chi connectivity index (χ1) is 15.5. The van der Waals surface area contributed by atoms with Crippen LogP contribution in [0.25, 0.3) is 10.6 Å². The first-order valence-electron chi connectivity index (χ1n) is 9.71. The molecular formula is C23H21ClN4O3S. The second-order valence-corrected chi connectivity index (χ2v) is 8.29. The predicted molar refractivity (Wildman–Crippen MR) is 125 cm³/mol. The number of carbonyl (C=O) groups excluding carboxylic acids is 1. The number of imidazole rings is 1. The summed E-state index contributed by atoms with van der Waals surface area (Å²) in [6.07, 6.45) is 3.51. The number of aromatic nitrogens is 3. The van der Waals surface area contributed by atoms with Gasteiger partial charge in [0.15, 0.2) is 0 Å². The number of hydrogen-bond acceptors (Lipinski definition) is 6. The van der Waals surface area contributed by atoms with E-state index in [-0.39, 0.29) is 5.91 Å². The Kier molecular flexibility index (Phi) is 6.43. The Hall–Kier alpha value is -3.36. The molecule has 0 aliphatic carbocycles. The molecule has 1 amide bonds. The number of aryl methyl sites for hydroxylation is 1. The van der Waals surface area contributed by atoms with Crippen LogP contribution in [-0.2, 0) is 7.05 Å². The molecule has 2 aromatic carbocycles. The topological polar surface area (TPSA) is 78.3 Å². The molecule has 1 atom stereocenters. The van der Waals surface area contributed by atoms with E-state index in [1.165, 1.54) is 11.3 Å². The number of nitrogens with zero attached hydrogens (tertiary/aromatic N) is 3. The Morgan fingerprint density at radius 2 is 1.91 bits per heavy atom. The van der Waals surface area contributed by atoms with Crippen LogP contribution in [0.2, 0.25) is 5.02 Å². The molecule has 0 aliphatic heterocycles. The highest BCUT2D eigenvalue weighted by molar-refractivity contribution is 7.13. The molecule has 2 heterocycles. The van der Waals surface area contributed by atoms with Crippen molar-refractivity contribution in [3.05, 3.63) is 82.3 Å². The minimum atomic E-state index is -0.539. The van der Waals surface area contributed by atoms with Crippen molar-refractivity contribution in [1.82, 2.24) is 19.9 Å². The summed E-state index contributed by atoms with van der Waals surface area (Å²) in [5, 5.41) is 6.12. The van der Waals surface area contributed by atoms with Crippen molar-refractivity contribution >= 4 is 28.8 Å². The quantitative estimate of drug-likeness (QED) is 0.424. The van der Waals surface area contributed by atoms with Crippen LogP contribution in [0.5, 0.6) is 11.5 Å². The number of rotatable bonds is 7. The van der Waals surface area contributed by atoms with Gasteiger partial charge < -0.3 is 19.4 Å². The Labute approximate surface area is 194 Å². The molecule has 0 radical (unpaired) electrons. The first kappa shape index (κ1) is 21.9. The van der Waals surface area contributed by atoms with Gasteiger partial charge in [0.25, 0.3) is 5.91 Å². The second kappa shape index (κ2) is 9.42. The van der Waals surface area contributed by atoms with Gasteiger partial charge in [-0.25, -0.2) is 9.97 Å². The van der Waals surface area contributed by atoms with Gasteiger partial charge in [-0.2, -0.15) is 0 Å². The lowest BCUT2D eigenvalue weighted by atomic mass is 10.0. The van der Waals surface area contributed by atoms with Crippen molar-refractivity contribution < 1.29 is 14.3 Å². The number of thiazole rings is 1. The third-order valence-electron chi connectivity index (χ3n) is 4.91. The summed E-state index contributed by atoms with van der Waals surface area (Å²) in [4.78, 5) is 22.1. The third-order valence-corrected chi connectivity index (χ3v) is 6.03. The number of ether oxygens (including phenoxy) is 2. The molecule has 32 heavy (non-hydrogen) atoms. The summed E-state index contributed by atoms with van der Waals surface area (Å²) < 4.78 is 12.7. The van der Waals surface area contributed by atoms with E-state index in [9.17, 15) is 4.79 Å². The molecule has 7 nitrogen and oxygen atoms in total. The van der Waals surface area contributed by atoms with Gasteiger partial charge in [-0.05, 0) is 29.8 Å². The molecule has 164 valence electrons.